The Balaban J connectivity index is 1.60. The average molecular weight is 450 g/mol. The Bertz CT molecular complexity index is 1580. The normalized spacial score (nSPS) is 11.1. The molecule has 0 aliphatic rings. The van der Waals surface area contributed by atoms with E-state index in [-0.39, 0.29) is 0 Å². The summed E-state index contributed by atoms with van der Waals surface area (Å²) in [6, 6.07) is 43.8. The lowest BCUT2D eigenvalue weighted by molar-refractivity contribution is 0.426. The first-order valence-corrected chi connectivity index (χ1v) is 11.8. The second kappa shape index (κ2) is 8.88. The van der Waals surface area contributed by atoms with Gasteiger partial charge in [0.1, 0.15) is 0 Å². The molecule has 0 saturated heterocycles. The van der Waals surface area contributed by atoms with Crippen LogP contribution in [-0.4, -0.2) is 17.2 Å². The molecule has 0 saturated carbocycles. The molecule has 0 aliphatic heterocycles. The third-order valence-corrected chi connectivity index (χ3v) is 6.71. The Hall–Kier alpha value is -4.18. The van der Waals surface area contributed by atoms with Gasteiger partial charge in [0.2, 0.25) is 0 Å². The minimum atomic E-state index is -1.47. The molecule has 166 valence electrons. The zero-order valence-corrected chi connectivity index (χ0v) is 19.1. The number of benzene rings is 6. The summed E-state index contributed by atoms with van der Waals surface area (Å²) in [6.45, 7) is 0. The summed E-state index contributed by atoms with van der Waals surface area (Å²) in [5.74, 6) is 0. The van der Waals surface area contributed by atoms with Crippen LogP contribution in [0.25, 0.3) is 54.9 Å². The second-order valence-electron chi connectivity index (χ2n) is 8.78. The zero-order chi connectivity index (χ0) is 23.8. The van der Waals surface area contributed by atoms with Crippen LogP contribution < -0.4 is 5.46 Å². The summed E-state index contributed by atoms with van der Waals surface area (Å²) >= 11 is 0. The molecule has 6 aromatic carbocycles. The van der Waals surface area contributed by atoms with Gasteiger partial charge in [-0.2, -0.15) is 0 Å². The predicted molar refractivity (Wildman–Crippen MR) is 148 cm³/mol. The maximum absolute atomic E-state index is 9.54. The Morgan fingerprint density at radius 3 is 1.11 bits per heavy atom. The van der Waals surface area contributed by atoms with E-state index in [4.69, 9.17) is 0 Å². The van der Waals surface area contributed by atoms with Crippen molar-refractivity contribution in [3.8, 4) is 33.4 Å². The molecule has 2 N–H and O–H groups in total. The average Bonchev–Trinajstić information content (AvgIpc) is 2.92. The number of fused-ring (bicyclic) bond motifs is 2. The van der Waals surface area contributed by atoms with Crippen LogP contribution in [0.5, 0.6) is 0 Å². The molecule has 35 heavy (non-hydrogen) atoms. The molecule has 0 radical (unpaired) electrons. The molecular formula is C32H23BO2. The molecule has 0 spiro atoms. The Labute approximate surface area is 204 Å². The van der Waals surface area contributed by atoms with Crippen LogP contribution in [-0.2, 0) is 0 Å². The summed E-state index contributed by atoms with van der Waals surface area (Å²) in [5, 5.41) is 23.8. The van der Waals surface area contributed by atoms with Gasteiger partial charge in [0.15, 0.2) is 0 Å². The SMILES string of the molecule is OB(O)c1ccc(-c2c3ccccc3c(-c3ccc(-c4ccccc4)cc3)c3ccccc23)cc1. The highest BCUT2D eigenvalue weighted by molar-refractivity contribution is 6.58. The minimum Gasteiger partial charge on any atom is -0.423 e. The Morgan fingerprint density at radius 1 is 0.343 bits per heavy atom. The van der Waals surface area contributed by atoms with E-state index in [1.165, 1.54) is 43.8 Å². The molecule has 6 aromatic rings. The standard InChI is InChI=1S/C32H23BO2/c34-33(35)26-20-18-25(19-21-26)32-29-12-6-4-10-27(29)31(28-11-5-7-13-30(28)32)24-16-14-23(15-17-24)22-8-2-1-3-9-22/h1-21,34-35H. The molecule has 0 atom stereocenters. The number of hydrogen-bond donors (Lipinski definition) is 2. The van der Waals surface area contributed by atoms with E-state index in [9.17, 15) is 10.0 Å². The van der Waals surface area contributed by atoms with Gasteiger partial charge in [-0.05, 0) is 60.4 Å². The minimum absolute atomic E-state index is 0.484. The largest absolute Gasteiger partial charge is 0.488 e. The molecule has 0 heterocycles. The Kier molecular flexibility index (Phi) is 5.42. The molecule has 0 unspecified atom stereocenters. The molecule has 2 nitrogen and oxygen atoms in total. The van der Waals surface area contributed by atoms with Gasteiger partial charge in [-0.25, -0.2) is 0 Å². The van der Waals surface area contributed by atoms with Gasteiger partial charge >= 0.3 is 7.12 Å². The van der Waals surface area contributed by atoms with E-state index >= 15 is 0 Å². The molecule has 0 bridgehead atoms. The van der Waals surface area contributed by atoms with Gasteiger partial charge in [-0.15, -0.1) is 0 Å². The first-order chi connectivity index (χ1) is 17.2. The lowest BCUT2D eigenvalue weighted by Crippen LogP contribution is -2.29. The van der Waals surface area contributed by atoms with Gasteiger partial charge in [0.05, 0.1) is 0 Å². The van der Waals surface area contributed by atoms with Crippen LogP contribution in [0, 0.1) is 0 Å². The maximum atomic E-state index is 9.54. The quantitative estimate of drug-likeness (QED) is 0.233. The zero-order valence-electron chi connectivity index (χ0n) is 19.1. The molecule has 3 heteroatoms. The summed E-state index contributed by atoms with van der Waals surface area (Å²) in [7, 11) is -1.47. The van der Waals surface area contributed by atoms with Crippen molar-refractivity contribution < 1.29 is 10.0 Å². The predicted octanol–water partition coefficient (Wildman–Crippen LogP) is 6.67. The number of hydrogen-bond acceptors (Lipinski definition) is 2. The summed E-state index contributed by atoms with van der Waals surface area (Å²) < 4.78 is 0. The second-order valence-corrected chi connectivity index (χ2v) is 8.78. The molecular weight excluding hydrogens is 427 g/mol. The van der Waals surface area contributed by atoms with Crippen molar-refractivity contribution >= 4 is 34.1 Å². The van der Waals surface area contributed by atoms with Crippen molar-refractivity contribution in [2.45, 2.75) is 0 Å². The van der Waals surface area contributed by atoms with Gasteiger partial charge in [-0.3, -0.25) is 0 Å². The van der Waals surface area contributed by atoms with Crippen LogP contribution in [0.3, 0.4) is 0 Å². The topological polar surface area (TPSA) is 40.5 Å². The van der Waals surface area contributed by atoms with Crippen molar-refractivity contribution in [3.63, 3.8) is 0 Å². The monoisotopic (exact) mass is 450 g/mol. The van der Waals surface area contributed by atoms with E-state index in [2.05, 4.69) is 97.1 Å². The summed E-state index contributed by atoms with van der Waals surface area (Å²) in [6.07, 6.45) is 0. The molecule has 0 amide bonds. The highest BCUT2D eigenvalue weighted by Crippen LogP contribution is 2.43. The Morgan fingerprint density at radius 2 is 0.686 bits per heavy atom. The lowest BCUT2D eigenvalue weighted by Gasteiger charge is -2.18. The first kappa shape index (κ1) is 21.4. The van der Waals surface area contributed by atoms with Gasteiger partial charge in [0, 0.05) is 0 Å². The van der Waals surface area contributed by atoms with Crippen molar-refractivity contribution in [1.82, 2.24) is 0 Å². The van der Waals surface area contributed by atoms with Crippen molar-refractivity contribution in [2.24, 2.45) is 0 Å². The summed E-state index contributed by atoms with van der Waals surface area (Å²) in [4.78, 5) is 0. The highest BCUT2D eigenvalue weighted by atomic mass is 16.4. The van der Waals surface area contributed by atoms with Crippen LogP contribution in [0.4, 0.5) is 0 Å². The first-order valence-electron chi connectivity index (χ1n) is 11.8. The van der Waals surface area contributed by atoms with Crippen LogP contribution in [0.2, 0.25) is 0 Å². The van der Waals surface area contributed by atoms with E-state index in [0.29, 0.717) is 5.46 Å². The molecule has 0 fully saturated rings. The fourth-order valence-electron chi connectivity index (χ4n) is 5.03. The van der Waals surface area contributed by atoms with E-state index < -0.39 is 7.12 Å². The number of rotatable bonds is 4. The van der Waals surface area contributed by atoms with Gasteiger partial charge in [0.25, 0.3) is 0 Å². The van der Waals surface area contributed by atoms with Crippen molar-refractivity contribution in [3.05, 3.63) is 127 Å². The van der Waals surface area contributed by atoms with E-state index in [0.717, 1.165) is 11.1 Å². The molecule has 6 rings (SSSR count). The smallest absolute Gasteiger partial charge is 0.423 e. The van der Waals surface area contributed by atoms with E-state index in [1.807, 2.05) is 18.2 Å². The van der Waals surface area contributed by atoms with E-state index in [1.54, 1.807) is 12.1 Å². The van der Waals surface area contributed by atoms with Crippen LogP contribution in [0.1, 0.15) is 0 Å². The van der Waals surface area contributed by atoms with Gasteiger partial charge in [-0.1, -0.05) is 127 Å². The third-order valence-electron chi connectivity index (χ3n) is 6.71. The summed E-state index contributed by atoms with van der Waals surface area (Å²) in [5.41, 5.74) is 7.50. The van der Waals surface area contributed by atoms with Crippen molar-refractivity contribution in [1.29, 1.82) is 0 Å². The maximum Gasteiger partial charge on any atom is 0.488 e. The van der Waals surface area contributed by atoms with Crippen LogP contribution in [0.15, 0.2) is 127 Å². The fraction of sp³-hybridized carbons (Fsp3) is 0. The van der Waals surface area contributed by atoms with Crippen LogP contribution >= 0.6 is 0 Å². The lowest BCUT2D eigenvalue weighted by atomic mass is 9.79. The third kappa shape index (κ3) is 3.81. The molecule has 0 aliphatic carbocycles. The van der Waals surface area contributed by atoms with Gasteiger partial charge < -0.3 is 10.0 Å². The van der Waals surface area contributed by atoms with Crippen molar-refractivity contribution in [2.75, 3.05) is 0 Å². The molecule has 0 aromatic heterocycles. The fourth-order valence-corrected chi connectivity index (χ4v) is 5.03. The highest BCUT2D eigenvalue weighted by Gasteiger charge is 2.17.